The van der Waals surface area contributed by atoms with Gasteiger partial charge in [0.25, 0.3) is 0 Å². The van der Waals surface area contributed by atoms with E-state index in [1.165, 1.54) is 6.07 Å². The molecule has 0 saturated carbocycles. The number of rotatable bonds is 2. The molecule has 1 aliphatic carbocycles. The van der Waals surface area contributed by atoms with Gasteiger partial charge in [0.2, 0.25) is 10.0 Å². The molecular formula is C14H16N2O3S. The van der Waals surface area contributed by atoms with Crippen LogP contribution in [0.1, 0.15) is 30.2 Å². The van der Waals surface area contributed by atoms with Gasteiger partial charge < -0.3 is 9.67 Å². The van der Waals surface area contributed by atoms with Crippen molar-refractivity contribution in [2.45, 2.75) is 30.3 Å². The molecule has 1 unspecified atom stereocenters. The number of nitrogens with two attached hydrogens (primary N) is 1. The highest BCUT2D eigenvalue weighted by Crippen LogP contribution is 2.32. The second-order valence-electron chi connectivity index (χ2n) is 5.04. The van der Waals surface area contributed by atoms with E-state index in [1.54, 1.807) is 12.1 Å². The van der Waals surface area contributed by atoms with Crippen molar-refractivity contribution < 1.29 is 13.5 Å². The topological polar surface area (TPSA) is 85.3 Å². The molecule has 2 aromatic rings. The van der Waals surface area contributed by atoms with E-state index in [0.29, 0.717) is 0 Å². The van der Waals surface area contributed by atoms with Crippen LogP contribution in [-0.4, -0.2) is 18.1 Å². The Morgan fingerprint density at radius 1 is 1.30 bits per heavy atom. The lowest BCUT2D eigenvalue weighted by Gasteiger charge is -2.20. The fourth-order valence-corrected chi connectivity index (χ4v) is 3.27. The van der Waals surface area contributed by atoms with Crippen molar-refractivity contribution in [3.05, 3.63) is 47.8 Å². The number of hydrogen-bond donors (Lipinski definition) is 2. The number of aliphatic hydroxyl groups is 1. The number of aromatic nitrogens is 1. The van der Waals surface area contributed by atoms with E-state index in [4.69, 9.17) is 5.14 Å². The van der Waals surface area contributed by atoms with Crippen LogP contribution in [0.4, 0.5) is 0 Å². The maximum atomic E-state index is 11.4. The Balaban J connectivity index is 2.11. The minimum absolute atomic E-state index is 0.0915. The zero-order valence-corrected chi connectivity index (χ0v) is 11.7. The Bertz CT molecular complexity index is 750. The summed E-state index contributed by atoms with van der Waals surface area (Å²) in [6, 6.07) is 8.42. The van der Waals surface area contributed by atoms with Gasteiger partial charge >= 0.3 is 0 Å². The Labute approximate surface area is 117 Å². The standard InChI is InChI=1S/C14H16N2O3S/c15-20(18,19)11-4-1-3-10(9-11)16-8-7-12-13(16)5-2-6-14(12)17/h1,3-4,7-9,14,17H,2,5-6H2,(H2,15,18,19). The lowest BCUT2D eigenvalue weighted by Crippen LogP contribution is -2.13. The molecule has 1 heterocycles. The molecule has 0 fully saturated rings. The van der Waals surface area contributed by atoms with E-state index in [-0.39, 0.29) is 4.90 Å². The summed E-state index contributed by atoms with van der Waals surface area (Å²) in [6.45, 7) is 0. The number of nitrogens with zero attached hydrogens (tertiary/aromatic N) is 1. The number of sulfonamides is 1. The SMILES string of the molecule is NS(=O)(=O)c1cccc(-n2ccc3c2CCCC3O)c1. The molecule has 106 valence electrons. The summed E-state index contributed by atoms with van der Waals surface area (Å²) in [6.07, 6.45) is 4.00. The summed E-state index contributed by atoms with van der Waals surface area (Å²) in [5.74, 6) is 0. The van der Waals surface area contributed by atoms with Gasteiger partial charge in [0.05, 0.1) is 11.0 Å². The van der Waals surface area contributed by atoms with E-state index in [0.717, 1.165) is 36.2 Å². The fourth-order valence-electron chi connectivity index (χ4n) is 2.72. The highest BCUT2D eigenvalue weighted by Gasteiger charge is 2.22. The zero-order valence-electron chi connectivity index (χ0n) is 10.9. The van der Waals surface area contributed by atoms with Crippen molar-refractivity contribution in [3.63, 3.8) is 0 Å². The summed E-state index contributed by atoms with van der Waals surface area (Å²) in [4.78, 5) is 0.0915. The van der Waals surface area contributed by atoms with Gasteiger partial charge in [-0.05, 0) is 43.5 Å². The second-order valence-corrected chi connectivity index (χ2v) is 6.60. The number of hydrogen-bond acceptors (Lipinski definition) is 3. The largest absolute Gasteiger partial charge is 0.388 e. The second kappa shape index (κ2) is 4.73. The third kappa shape index (κ3) is 2.26. The summed E-state index contributed by atoms with van der Waals surface area (Å²) in [5.41, 5.74) is 2.71. The summed E-state index contributed by atoms with van der Waals surface area (Å²) >= 11 is 0. The molecule has 1 aliphatic rings. The van der Waals surface area contributed by atoms with Crippen LogP contribution in [0.25, 0.3) is 5.69 Å². The van der Waals surface area contributed by atoms with Crippen molar-refractivity contribution in [3.8, 4) is 5.69 Å². The van der Waals surface area contributed by atoms with Crippen LogP contribution < -0.4 is 5.14 Å². The van der Waals surface area contributed by atoms with Crippen molar-refractivity contribution in [2.75, 3.05) is 0 Å². The first-order chi connectivity index (χ1) is 9.47. The molecule has 0 aliphatic heterocycles. The molecule has 1 aromatic carbocycles. The number of fused-ring (bicyclic) bond motifs is 1. The smallest absolute Gasteiger partial charge is 0.238 e. The summed E-state index contributed by atoms with van der Waals surface area (Å²) < 4.78 is 24.8. The molecule has 0 amide bonds. The number of aliphatic hydroxyl groups excluding tert-OH is 1. The quantitative estimate of drug-likeness (QED) is 0.879. The van der Waals surface area contributed by atoms with Crippen LogP contribution in [0, 0.1) is 0 Å². The van der Waals surface area contributed by atoms with E-state index in [2.05, 4.69) is 0 Å². The molecule has 3 rings (SSSR count). The van der Waals surface area contributed by atoms with Gasteiger partial charge in [-0.25, -0.2) is 13.6 Å². The average molecular weight is 292 g/mol. The maximum Gasteiger partial charge on any atom is 0.238 e. The molecular weight excluding hydrogens is 276 g/mol. The Kier molecular flexibility index (Phi) is 3.16. The van der Waals surface area contributed by atoms with Crippen LogP contribution in [0.2, 0.25) is 0 Å². The molecule has 20 heavy (non-hydrogen) atoms. The highest BCUT2D eigenvalue weighted by molar-refractivity contribution is 7.89. The molecule has 1 atom stereocenters. The van der Waals surface area contributed by atoms with Gasteiger partial charge in [0.1, 0.15) is 0 Å². The Hall–Kier alpha value is -1.63. The van der Waals surface area contributed by atoms with Gasteiger partial charge in [0.15, 0.2) is 0 Å². The monoisotopic (exact) mass is 292 g/mol. The molecule has 0 radical (unpaired) electrons. The van der Waals surface area contributed by atoms with E-state index >= 15 is 0 Å². The lowest BCUT2D eigenvalue weighted by atomic mass is 9.95. The fraction of sp³-hybridized carbons (Fsp3) is 0.286. The summed E-state index contributed by atoms with van der Waals surface area (Å²) in [5, 5.41) is 15.1. The predicted molar refractivity (Wildman–Crippen MR) is 75.0 cm³/mol. The molecule has 6 heteroatoms. The normalized spacial score (nSPS) is 18.8. The molecule has 0 saturated heterocycles. The van der Waals surface area contributed by atoms with Gasteiger partial charge in [-0.2, -0.15) is 0 Å². The minimum Gasteiger partial charge on any atom is -0.388 e. The van der Waals surface area contributed by atoms with Gasteiger partial charge in [-0.1, -0.05) is 6.07 Å². The lowest BCUT2D eigenvalue weighted by molar-refractivity contribution is 0.156. The Morgan fingerprint density at radius 2 is 2.10 bits per heavy atom. The van der Waals surface area contributed by atoms with Gasteiger partial charge in [-0.3, -0.25) is 0 Å². The van der Waals surface area contributed by atoms with Crippen LogP contribution in [-0.2, 0) is 16.4 Å². The van der Waals surface area contributed by atoms with E-state index in [1.807, 2.05) is 22.9 Å². The first kappa shape index (κ1) is 13.4. The van der Waals surface area contributed by atoms with Crippen LogP contribution >= 0.6 is 0 Å². The van der Waals surface area contributed by atoms with Crippen molar-refractivity contribution in [2.24, 2.45) is 5.14 Å². The third-order valence-corrected chi connectivity index (χ3v) is 4.61. The molecule has 0 spiro atoms. The van der Waals surface area contributed by atoms with Crippen LogP contribution in [0.3, 0.4) is 0 Å². The van der Waals surface area contributed by atoms with Crippen LogP contribution in [0.15, 0.2) is 41.4 Å². The first-order valence-electron chi connectivity index (χ1n) is 6.48. The van der Waals surface area contributed by atoms with Crippen molar-refractivity contribution in [1.82, 2.24) is 4.57 Å². The third-order valence-electron chi connectivity index (χ3n) is 3.70. The summed E-state index contributed by atoms with van der Waals surface area (Å²) in [7, 11) is -3.71. The van der Waals surface area contributed by atoms with Crippen molar-refractivity contribution >= 4 is 10.0 Å². The molecule has 5 nitrogen and oxygen atoms in total. The van der Waals surface area contributed by atoms with E-state index < -0.39 is 16.1 Å². The molecule has 1 aromatic heterocycles. The average Bonchev–Trinajstić information content (AvgIpc) is 2.83. The maximum absolute atomic E-state index is 11.4. The number of primary sulfonamides is 1. The minimum atomic E-state index is -3.71. The van der Waals surface area contributed by atoms with E-state index in [9.17, 15) is 13.5 Å². The van der Waals surface area contributed by atoms with Crippen LogP contribution in [0.5, 0.6) is 0 Å². The van der Waals surface area contributed by atoms with Gasteiger partial charge in [-0.15, -0.1) is 0 Å². The zero-order chi connectivity index (χ0) is 14.3. The first-order valence-corrected chi connectivity index (χ1v) is 8.03. The predicted octanol–water partition coefficient (Wildman–Crippen LogP) is 1.49. The number of benzene rings is 1. The van der Waals surface area contributed by atoms with Crippen molar-refractivity contribution in [1.29, 1.82) is 0 Å². The molecule has 0 bridgehead atoms. The highest BCUT2D eigenvalue weighted by atomic mass is 32.2. The Morgan fingerprint density at radius 3 is 2.85 bits per heavy atom. The molecule has 3 N–H and O–H groups in total. The van der Waals surface area contributed by atoms with Gasteiger partial charge in [0, 0.05) is 23.1 Å².